The number of aryl methyl sites for hydroxylation is 1. The van der Waals surface area contributed by atoms with Crippen molar-refractivity contribution in [2.75, 3.05) is 17.7 Å². The predicted molar refractivity (Wildman–Crippen MR) is 105 cm³/mol. The molecule has 0 bridgehead atoms. The first-order chi connectivity index (χ1) is 14.0. The Hall–Kier alpha value is -3.62. The van der Waals surface area contributed by atoms with Crippen molar-refractivity contribution in [2.45, 2.75) is 32.7 Å². The first kappa shape index (κ1) is 18.7. The average Bonchev–Trinajstić information content (AvgIpc) is 3.31. The fourth-order valence-corrected chi connectivity index (χ4v) is 3.39. The summed E-state index contributed by atoms with van der Waals surface area (Å²) < 4.78 is 12.0. The Morgan fingerprint density at radius 1 is 1.17 bits per heavy atom. The SMILES string of the molecule is COc1cccc(NC(=O)c2nc(C(=O)Nc3cc(C)on3)c3n2CCCC3)c1. The van der Waals surface area contributed by atoms with Gasteiger partial charge in [-0.1, -0.05) is 11.2 Å². The monoisotopic (exact) mass is 395 g/mol. The van der Waals surface area contributed by atoms with Crippen molar-refractivity contribution in [1.82, 2.24) is 14.7 Å². The van der Waals surface area contributed by atoms with E-state index < -0.39 is 5.91 Å². The van der Waals surface area contributed by atoms with E-state index in [1.807, 2.05) is 4.57 Å². The number of rotatable bonds is 5. The van der Waals surface area contributed by atoms with Crippen LogP contribution in [0.1, 0.15) is 45.4 Å². The highest BCUT2D eigenvalue weighted by Crippen LogP contribution is 2.24. The molecule has 3 heterocycles. The third-order valence-corrected chi connectivity index (χ3v) is 4.73. The third-order valence-electron chi connectivity index (χ3n) is 4.73. The average molecular weight is 395 g/mol. The van der Waals surface area contributed by atoms with E-state index in [4.69, 9.17) is 9.26 Å². The predicted octanol–water partition coefficient (Wildman–Crippen LogP) is 3.03. The van der Waals surface area contributed by atoms with Crippen molar-refractivity contribution in [3.05, 3.63) is 53.3 Å². The van der Waals surface area contributed by atoms with Gasteiger partial charge in [0.1, 0.15) is 11.5 Å². The summed E-state index contributed by atoms with van der Waals surface area (Å²) in [5.41, 5.74) is 1.58. The standard InChI is InChI=1S/C20H21N5O4/c1-12-10-16(24-29-12)22-19(26)17-15-8-3-4-9-25(15)18(23-17)20(27)21-13-6-5-7-14(11-13)28-2/h5-7,10-11H,3-4,8-9H2,1-2H3,(H,21,27)(H,22,24,26). The summed E-state index contributed by atoms with van der Waals surface area (Å²) in [6.07, 6.45) is 2.54. The van der Waals surface area contributed by atoms with Gasteiger partial charge in [-0.05, 0) is 38.3 Å². The third kappa shape index (κ3) is 3.84. The number of benzene rings is 1. The quantitative estimate of drug-likeness (QED) is 0.687. The molecular weight excluding hydrogens is 374 g/mol. The second-order valence-electron chi connectivity index (χ2n) is 6.80. The van der Waals surface area contributed by atoms with Crippen molar-refractivity contribution in [1.29, 1.82) is 0 Å². The molecule has 3 aromatic rings. The second-order valence-corrected chi connectivity index (χ2v) is 6.80. The molecule has 0 saturated carbocycles. The Morgan fingerprint density at radius 3 is 2.79 bits per heavy atom. The maximum absolute atomic E-state index is 12.9. The largest absolute Gasteiger partial charge is 0.497 e. The number of nitrogens with one attached hydrogen (secondary N) is 2. The van der Waals surface area contributed by atoms with Gasteiger partial charge in [0.15, 0.2) is 17.3 Å². The number of fused-ring (bicyclic) bond motifs is 1. The van der Waals surface area contributed by atoms with Crippen LogP contribution in [0.3, 0.4) is 0 Å². The molecule has 2 amide bonds. The molecule has 1 aliphatic rings. The lowest BCUT2D eigenvalue weighted by Gasteiger charge is -2.17. The van der Waals surface area contributed by atoms with Crippen LogP contribution in [-0.4, -0.2) is 33.6 Å². The van der Waals surface area contributed by atoms with Crippen LogP contribution < -0.4 is 15.4 Å². The summed E-state index contributed by atoms with van der Waals surface area (Å²) in [4.78, 5) is 30.0. The van der Waals surface area contributed by atoms with Gasteiger partial charge in [0.05, 0.1) is 12.8 Å². The maximum Gasteiger partial charge on any atom is 0.291 e. The molecule has 0 atom stereocenters. The molecule has 0 saturated heterocycles. The Bertz CT molecular complexity index is 1070. The van der Waals surface area contributed by atoms with Crippen LogP contribution in [0.25, 0.3) is 0 Å². The van der Waals surface area contributed by atoms with Crippen LogP contribution in [0, 0.1) is 6.92 Å². The number of carbonyl (C=O) groups is 2. The zero-order valence-electron chi connectivity index (χ0n) is 16.2. The molecule has 0 unspecified atom stereocenters. The van der Waals surface area contributed by atoms with E-state index in [9.17, 15) is 9.59 Å². The molecular formula is C20H21N5O4. The number of imidazole rings is 1. The molecule has 0 radical (unpaired) electrons. The number of amides is 2. The van der Waals surface area contributed by atoms with E-state index in [1.165, 1.54) is 0 Å². The fraction of sp³-hybridized carbons (Fsp3) is 0.300. The Kier molecular flexibility index (Phi) is 5.03. The van der Waals surface area contributed by atoms with Gasteiger partial charge in [-0.3, -0.25) is 9.59 Å². The minimum absolute atomic E-state index is 0.212. The summed E-state index contributed by atoms with van der Waals surface area (Å²) >= 11 is 0. The number of aromatic nitrogens is 3. The lowest BCUT2D eigenvalue weighted by atomic mass is 10.1. The lowest BCUT2D eigenvalue weighted by molar-refractivity contribution is 0.101. The molecule has 1 aromatic carbocycles. The van der Waals surface area contributed by atoms with Crippen LogP contribution in [0.2, 0.25) is 0 Å². The van der Waals surface area contributed by atoms with Crippen LogP contribution >= 0.6 is 0 Å². The van der Waals surface area contributed by atoms with Gasteiger partial charge in [0, 0.05) is 24.4 Å². The first-order valence-electron chi connectivity index (χ1n) is 9.34. The smallest absolute Gasteiger partial charge is 0.291 e. The van der Waals surface area contributed by atoms with Gasteiger partial charge in [0.25, 0.3) is 11.8 Å². The minimum Gasteiger partial charge on any atom is -0.497 e. The van der Waals surface area contributed by atoms with Crippen LogP contribution in [-0.2, 0) is 13.0 Å². The van der Waals surface area contributed by atoms with Crippen LogP contribution in [0.4, 0.5) is 11.5 Å². The number of methoxy groups -OCH3 is 1. The van der Waals surface area contributed by atoms with Crippen molar-refractivity contribution < 1.29 is 18.8 Å². The molecule has 0 spiro atoms. The first-order valence-corrected chi connectivity index (χ1v) is 9.34. The van der Waals surface area contributed by atoms with Crippen LogP contribution in [0.15, 0.2) is 34.9 Å². The van der Waals surface area contributed by atoms with Gasteiger partial charge in [-0.2, -0.15) is 0 Å². The topological polar surface area (TPSA) is 111 Å². The Labute approximate surface area is 167 Å². The highest BCUT2D eigenvalue weighted by molar-refractivity contribution is 6.06. The number of carbonyl (C=O) groups excluding carboxylic acids is 2. The molecule has 1 aliphatic heterocycles. The molecule has 9 nitrogen and oxygen atoms in total. The van der Waals surface area contributed by atoms with Gasteiger partial charge < -0.3 is 24.5 Å². The summed E-state index contributed by atoms with van der Waals surface area (Å²) in [7, 11) is 1.56. The number of anilines is 2. The number of nitrogens with zero attached hydrogens (tertiary/aromatic N) is 3. The molecule has 29 heavy (non-hydrogen) atoms. The van der Waals surface area contributed by atoms with Gasteiger partial charge in [-0.25, -0.2) is 4.98 Å². The lowest BCUT2D eigenvalue weighted by Crippen LogP contribution is -2.21. The molecule has 9 heteroatoms. The highest BCUT2D eigenvalue weighted by Gasteiger charge is 2.28. The molecule has 4 rings (SSSR count). The van der Waals surface area contributed by atoms with E-state index in [0.717, 1.165) is 18.5 Å². The van der Waals surface area contributed by atoms with E-state index in [1.54, 1.807) is 44.4 Å². The summed E-state index contributed by atoms with van der Waals surface area (Å²) in [5.74, 6) is 0.958. The zero-order chi connectivity index (χ0) is 20.4. The van der Waals surface area contributed by atoms with E-state index >= 15 is 0 Å². The normalized spacial score (nSPS) is 12.9. The maximum atomic E-state index is 12.9. The van der Waals surface area contributed by atoms with Crippen molar-refractivity contribution in [3.63, 3.8) is 0 Å². The van der Waals surface area contributed by atoms with E-state index in [2.05, 4.69) is 20.8 Å². The van der Waals surface area contributed by atoms with E-state index in [-0.39, 0.29) is 17.4 Å². The zero-order valence-corrected chi connectivity index (χ0v) is 16.2. The van der Waals surface area contributed by atoms with Gasteiger partial charge in [0.2, 0.25) is 0 Å². The molecule has 0 fully saturated rings. The van der Waals surface area contributed by atoms with Crippen LogP contribution in [0.5, 0.6) is 5.75 Å². The number of hydrogen-bond acceptors (Lipinski definition) is 6. The van der Waals surface area contributed by atoms with Gasteiger partial charge in [-0.15, -0.1) is 0 Å². The van der Waals surface area contributed by atoms with Gasteiger partial charge >= 0.3 is 0 Å². The summed E-state index contributed by atoms with van der Waals surface area (Å²) in [6, 6.07) is 8.69. The van der Waals surface area contributed by atoms with Crippen molar-refractivity contribution in [3.8, 4) is 5.75 Å². The minimum atomic E-state index is -0.413. The van der Waals surface area contributed by atoms with Crippen molar-refractivity contribution >= 4 is 23.3 Å². The van der Waals surface area contributed by atoms with Crippen molar-refractivity contribution in [2.24, 2.45) is 0 Å². The summed E-state index contributed by atoms with van der Waals surface area (Å²) in [5, 5.41) is 9.28. The highest BCUT2D eigenvalue weighted by atomic mass is 16.5. The second kappa shape index (κ2) is 7.78. The number of ether oxygens (including phenoxy) is 1. The Morgan fingerprint density at radius 2 is 2.03 bits per heavy atom. The molecule has 0 aliphatic carbocycles. The van der Waals surface area contributed by atoms with E-state index in [0.29, 0.717) is 36.0 Å². The molecule has 150 valence electrons. The molecule has 2 N–H and O–H groups in total. The fourth-order valence-electron chi connectivity index (χ4n) is 3.39. The Balaban J connectivity index is 1.61. The summed E-state index contributed by atoms with van der Waals surface area (Å²) in [6.45, 7) is 2.38. The number of hydrogen-bond donors (Lipinski definition) is 2. The molecule has 2 aromatic heterocycles.